The first-order valence-corrected chi connectivity index (χ1v) is 8.99. The van der Waals surface area contributed by atoms with Gasteiger partial charge in [-0.15, -0.1) is 10.2 Å². The molecule has 1 aromatic carbocycles. The van der Waals surface area contributed by atoms with E-state index in [2.05, 4.69) is 10.2 Å². The summed E-state index contributed by atoms with van der Waals surface area (Å²) in [6.07, 6.45) is 4.75. The number of aromatic nitrogens is 2. The third kappa shape index (κ3) is 4.58. The number of nitro benzene ring substituents is 1. The molecule has 0 spiro atoms. The van der Waals surface area contributed by atoms with Crippen molar-refractivity contribution in [1.29, 1.82) is 0 Å². The summed E-state index contributed by atoms with van der Waals surface area (Å²) in [4.78, 5) is 24.4. The highest BCUT2D eigenvalue weighted by molar-refractivity contribution is 5.91. The van der Waals surface area contributed by atoms with Crippen LogP contribution in [0.3, 0.4) is 0 Å². The largest absolute Gasteiger partial charge is 0.425 e. The van der Waals surface area contributed by atoms with Crippen molar-refractivity contribution in [1.82, 2.24) is 15.1 Å². The number of carbonyl (C=O) groups is 1. The summed E-state index contributed by atoms with van der Waals surface area (Å²) in [5.41, 5.74) is 0.776. The highest BCUT2D eigenvalue weighted by Crippen LogP contribution is 2.28. The second-order valence-electron chi connectivity index (χ2n) is 6.91. The van der Waals surface area contributed by atoms with Crippen LogP contribution in [0.15, 0.2) is 34.8 Å². The number of piperidine rings is 1. The molecule has 0 unspecified atom stereocenters. The Hall–Kier alpha value is -3.03. The molecular formula is C19H22N4O4. The van der Waals surface area contributed by atoms with Gasteiger partial charge in [0.25, 0.3) is 5.69 Å². The Kier molecular flexibility index (Phi) is 5.63. The first-order valence-electron chi connectivity index (χ1n) is 8.99. The summed E-state index contributed by atoms with van der Waals surface area (Å²) in [6.45, 7) is 5.28. The number of hydrogen-bond donors (Lipinski definition) is 0. The standard InChI is InChI=1S/C19H22N4O4/c1-13(2)18-20-21-19(27-18)15-9-11-22(12-10-15)17(24)8-5-14-3-6-16(7-4-14)23(25)26/h3-8,13,15H,9-12H2,1-2H3/b8-5+. The van der Waals surface area contributed by atoms with Gasteiger partial charge in [0.2, 0.25) is 17.7 Å². The Labute approximate surface area is 157 Å². The summed E-state index contributed by atoms with van der Waals surface area (Å²) in [5.74, 6) is 1.63. The molecule has 2 aromatic rings. The summed E-state index contributed by atoms with van der Waals surface area (Å²) < 4.78 is 5.72. The van der Waals surface area contributed by atoms with Gasteiger partial charge >= 0.3 is 0 Å². The van der Waals surface area contributed by atoms with Crippen LogP contribution in [0.1, 0.15) is 55.9 Å². The number of benzene rings is 1. The topological polar surface area (TPSA) is 102 Å². The number of likely N-dealkylation sites (tertiary alicyclic amines) is 1. The minimum absolute atomic E-state index is 0.0298. The van der Waals surface area contributed by atoms with Gasteiger partial charge in [-0.05, 0) is 36.6 Å². The Morgan fingerprint density at radius 1 is 1.26 bits per heavy atom. The van der Waals surface area contributed by atoms with Crippen molar-refractivity contribution in [3.8, 4) is 0 Å². The van der Waals surface area contributed by atoms with E-state index < -0.39 is 4.92 Å². The molecule has 142 valence electrons. The van der Waals surface area contributed by atoms with Gasteiger partial charge in [-0.3, -0.25) is 14.9 Å². The van der Waals surface area contributed by atoms with Crippen molar-refractivity contribution in [3.05, 3.63) is 57.8 Å². The summed E-state index contributed by atoms with van der Waals surface area (Å²) in [5, 5.41) is 18.9. The summed E-state index contributed by atoms with van der Waals surface area (Å²) in [6, 6.07) is 6.09. The van der Waals surface area contributed by atoms with Crippen molar-refractivity contribution in [2.75, 3.05) is 13.1 Å². The molecule has 1 aliphatic rings. The average Bonchev–Trinajstić information content (AvgIpc) is 3.17. The van der Waals surface area contributed by atoms with Crippen LogP contribution in [0.4, 0.5) is 5.69 Å². The van der Waals surface area contributed by atoms with Crippen molar-refractivity contribution >= 4 is 17.7 Å². The van der Waals surface area contributed by atoms with Gasteiger partial charge in [0, 0.05) is 43.1 Å². The minimum atomic E-state index is -0.448. The average molecular weight is 370 g/mol. The second-order valence-corrected chi connectivity index (χ2v) is 6.91. The maximum absolute atomic E-state index is 12.4. The van der Waals surface area contributed by atoms with E-state index in [9.17, 15) is 14.9 Å². The van der Waals surface area contributed by atoms with E-state index in [0.29, 0.717) is 24.9 Å². The van der Waals surface area contributed by atoms with Gasteiger partial charge in [-0.1, -0.05) is 13.8 Å². The molecule has 27 heavy (non-hydrogen) atoms. The van der Waals surface area contributed by atoms with Gasteiger partial charge in [-0.2, -0.15) is 0 Å². The first kappa shape index (κ1) is 18.8. The van der Waals surface area contributed by atoms with Crippen LogP contribution in [0.5, 0.6) is 0 Å². The lowest BCUT2D eigenvalue weighted by atomic mass is 9.97. The Bertz CT molecular complexity index is 834. The lowest BCUT2D eigenvalue weighted by Gasteiger charge is -2.29. The summed E-state index contributed by atoms with van der Waals surface area (Å²) >= 11 is 0. The fourth-order valence-corrected chi connectivity index (χ4v) is 2.97. The highest BCUT2D eigenvalue weighted by atomic mass is 16.6. The zero-order chi connectivity index (χ0) is 19.4. The predicted molar refractivity (Wildman–Crippen MR) is 99.1 cm³/mol. The third-order valence-corrected chi connectivity index (χ3v) is 4.63. The molecule has 1 saturated heterocycles. The molecular weight excluding hydrogens is 348 g/mol. The number of nitro groups is 1. The van der Waals surface area contributed by atoms with Gasteiger partial charge in [-0.25, -0.2) is 0 Å². The van der Waals surface area contributed by atoms with E-state index in [1.807, 2.05) is 13.8 Å². The maximum atomic E-state index is 12.4. The van der Waals surface area contributed by atoms with Crippen LogP contribution in [0.2, 0.25) is 0 Å². The quantitative estimate of drug-likeness (QED) is 0.453. The molecule has 0 aliphatic carbocycles. The molecule has 3 rings (SSSR count). The van der Waals surface area contributed by atoms with Crippen molar-refractivity contribution < 1.29 is 14.1 Å². The number of hydrogen-bond acceptors (Lipinski definition) is 6. The molecule has 0 radical (unpaired) electrons. The van der Waals surface area contributed by atoms with Crippen molar-refractivity contribution in [2.24, 2.45) is 0 Å². The zero-order valence-electron chi connectivity index (χ0n) is 15.4. The van der Waals surface area contributed by atoms with E-state index in [-0.39, 0.29) is 23.4 Å². The lowest BCUT2D eigenvalue weighted by molar-refractivity contribution is -0.384. The Morgan fingerprint density at radius 2 is 1.93 bits per heavy atom. The fraction of sp³-hybridized carbons (Fsp3) is 0.421. The maximum Gasteiger partial charge on any atom is 0.269 e. The van der Waals surface area contributed by atoms with Crippen LogP contribution in [-0.4, -0.2) is 39.0 Å². The highest BCUT2D eigenvalue weighted by Gasteiger charge is 2.26. The number of nitrogens with zero attached hydrogens (tertiary/aromatic N) is 4. The van der Waals surface area contributed by atoms with E-state index in [0.717, 1.165) is 18.4 Å². The molecule has 8 nitrogen and oxygen atoms in total. The van der Waals surface area contributed by atoms with Gasteiger partial charge in [0.05, 0.1) is 4.92 Å². The van der Waals surface area contributed by atoms with Gasteiger partial charge < -0.3 is 9.32 Å². The number of non-ortho nitro benzene ring substituents is 1. The number of rotatable bonds is 5. The van der Waals surface area contributed by atoms with Gasteiger partial charge in [0.1, 0.15) is 0 Å². The molecule has 1 fully saturated rings. The van der Waals surface area contributed by atoms with E-state index in [1.54, 1.807) is 23.1 Å². The van der Waals surface area contributed by atoms with Crippen LogP contribution >= 0.6 is 0 Å². The molecule has 0 N–H and O–H groups in total. The van der Waals surface area contributed by atoms with Crippen molar-refractivity contribution in [3.63, 3.8) is 0 Å². The van der Waals surface area contributed by atoms with Crippen LogP contribution in [0, 0.1) is 10.1 Å². The monoisotopic (exact) mass is 370 g/mol. The Morgan fingerprint density at radius 3 is 2.48 bits per heavy atom. The third-order valence-electron chi connectivity index (χ3n) is 4.63. The molecule has 1 aromatic heterocycles. The molecule has 1 aliphatic heterocycles. The molecule has 0 atom stereocenters. The molecule has 0 bridgehead atoms. The SMILES string of the molecule is CC(C)c1nnc(C2CCN(C(=O)/C=C/c3ccc([N+](=O)[O-])cc3)CC2)o1. The van der Waals surface area contributed by atoms with E-state index in [4.69, 9.17) is 4.42 Å². The minimum Gasteiger partial charge on any atom is -0.425 e. The zero-order valence-corrected chi connectivity index (χ0v) is 15.4. The normalized spacial score (nSPS) is 15.6. The van der Waals surface area contributed by atoms with E-state index >= 15 is 0 Å². The van der Waals surface area contributed by atoms with Crippen LogP contribution < -0.4 is 0 Å². The number of carbonyl (C=O) groups excluding carboxylic acids is 1. The lowest BCUT2D eigenvalue weighted by Crippen LogP contribution is -2.36. The molecule has 2 heterocycles. The van der Waals surface area contributed by atoms with E-state index in [1.165, 1.54) is 18.2 Å². The number of amides is 1. The molecule has 0 saturated carbocycles. The van der Waals surface area contributed by atoms with Crippen LogP contribution in [-0.2, 0) is 4.79 Å². The Balaban J connectivity index is 1.54. The van der Waals surface area contributed by atoms with Crippen molar-refractivity contribution in [2.45, 2.75) is 38.5 Å². The summed E-state index contributed by atoms with van der Waals surface area (Å²) in [7, 11) is 0. The van der Waals surface area contributed by atoms with Gasteiger partial charge in [0.15, 0.2) is 0 Å². The first-order chi connectivity index (χ1) is 12.9. The fourth-order valence-electron chi connectivity index (χ4n) is 2.97. The van der Waals surface area contributed by atoms with Crippen LogP contribution in [0.25, 0.3) is 6.08 Å². The molecule has 8 heteroatoms. The smallest absolute Gasteiger partial charge is 0.269 e. The molecule has 1 amide bonds. The predicted octanol–water partition coefficient (Wildman–Crippen LogP) is 3.52. The second kappa shape index (κ2) is 8.11.